The number of benzene rings is 1. The maximum Gasteiger partial charge on any atom is 0.253 e. The monoisotopic (exact) mass is 425 g/mol. The number of nitrogens with zero attached hydrogens (tertiary/aromatic N) is 2. The molecule has 3 heterocycles. The van der Waals surface area contributed by atoms with E-state index in [2.05, 4.69) is 15.2 Å². The number of carbonyl (C=O) groups excluding carboxylic acids is 1. The Morgan fingerprint density at radius 2 is 1.84 bits per heavy atom. The third kappa shape index (κ3) is 4.69. The molecule has 0 spiro atoms. The molecule has 1 saturated heterocycles. The number of morpholine rings is 1. The summed E-state index contributed by atoms with van der Waals surface area (Å²) in [6, 6.07) is 9.58. The molecule has 1 aromatic carbocycles. The number of nitrogens with one attached hydrogen (secondary N) is 1. The molecule has 1 aliphatic carbocycles. The number of carbonyl (C=O) groups is 1. The van der Waals surface area contributed by atoms with Gasteiger partial charge in [0.05, 0.1) is 24.9 Å². The molecule has 2 aliphatic heterocycles. The summed E-state index contributed by atoms with van der Waals surface area (Å²) in [5.74, 6) is 3.10. The normalized spacial score (nSPS) is 22.8. The second-order valence-electron chi connectivity index (χ2n) is 8.08. The Labute approximate surface area is 181 Å². The van der Waals surface area contributed by atoms with Crippen LogP contribution in [0.25, 0.3) is 0 Å². The number of aromatic nitrogens is 1. The minimum absolute atomic E-state index is 0.0684. The number of hydrogen-bond acceptors (Lipinski definition) is 7. The van der Waals surface area contributed by atoms with Crippen LogP contribution in [0.3, 0.4) is 0 Å². The largest absolute Gasteiger partial charge is 0.490 e. The zero-order valence-electron chi connectivity index (χ0n) is 17.4. The Morgan fingerprint density at radius 3 is 2.61 bits per heavy atom. The van der Waals surface area contributed by atoms with Crippen molar-refractivity contribution in [3.8, 4) is 17.2 Å². The minimum Gasteiger partial charge on any atom is -0.490 e. The topological polar surface area (TPSA) is 82.2 Å². The minimum atomic E-state index is -0.0684. The Hall–Kier alpha value is -3.00. The predicted molar refractivity (Wildman–Crippen MR) is 114 cm³/mol. The molecule has 1 aromatic heterocycles. The summed E-state index contributed by atoms with van der Waals surface area (Å²) in [5.41, 5.74) is 0.593. The van der Waals surface area contributed by atoms with E-state index in [1.54, 1.807) is 6.20 Å². The lowest BCUT2D eigenvalue weighted by molar-refractivity contribution is 0.0893. The molecule has 2 fully saturated rings. The van der Waals surface area contributed by atoms with Gasteiger partial charge in [-0.1, -0.05) is 0 Å². The molecule has 8 nitrogen and oxygen atoms in total. The number of hydrogen-bond donors (Lipinski definition) is 1. The number of amides is 1. The SMILES string of the molecule is O=C(NC1CCC(Oc2ccc3c(c2)OCO3)CC1)c1ccc(N2CCOCC2)nc1. The van der Waals surface area contributed by atoms with Gasteiger partial charge in [-0.2, -0.15) is 0 Å². The Morgan fingerprint density at radius 1 is 1.03 bits per heavy atom. The molecule has 31 heavy (non-hydrogen) atoms. The number of fused-ring (bicyclic) bond motifs is 1. The van der Waals surface area contributed by atoms with Gasteiger partial charge >= 0.3 is 0 Å². The van der Waals surface area contributed by atoms with E-state index in [4.69, 9.17) is 18.9 Å². The molecule has 5 rings (SSSR count). The van der Waals surface area contributed by atoms with Crippen molar-refractivity contribution in [2.45, 2.75) is 37.8 Å². The summed E-state index contributed by atoms with van der Waals surface area (Å²) in [4.78, 5) is 19.3. The average Bonchev–Trinajstić information content (AvgIpc) is 3.29. The highest BCUT2D eigenvalue weighted by molar-refractivity contribution is 5.94. The van der Waals surface area contributed by atoms with Crippen molar-refractivity contribution in [1.82, 2.24) is 10.3 Å². The van der Waals surface area contributed by atoms with Gasteiger partial charge in [0.25, 0.3) is 5.91 Å². The maximum atomic E-state index is 12.6. The van der Waals surface area contributed by atoms with Crippen molar-refractivity contribution in [3.63, 3.8) is 0 Å². The Balaban J connectivity index is 1.10. The maximum absolute atomic E-state index is 12.6. The number of anilines is 1. The van der Waals surface area contributed by atoms with Gasteiger partial charge < -0.3 is 29.2 Å². The van der Waals surface area contributed by atoms with Gasteiger partial charge in [0.1, 0.15) is 11.6 Å². The van der Waals surface area contributed by atoms with Crippen LogP contribution in [-0.2, 0) is 4.74 Å². The van der Waals surface area contributed by atoms with Crippen LogP contribution >= 0.6 is 0 Å². The zero-order valence-corrected chi connectivity index (χ0v) is 17.4. The summed E-state index contributed by atoms with van der Waals surface area (Å²) in [6.07, 6.45) is 5.37. The van der Waals surface area contributed by atoms with E-state index in [0.717, 1.165) is 61.8 Å². The molecular formula is C23H27N3O5. The second-order valence-corrected chi connectivity index (χ2v) is 8.08. The fourth-order valence-corrected chi connectivity index (χ4v) is 4.24. The van der Waals surface area contributed by atoms with Gasteiger partial charge in [-0.15, -0.1) is 0 Å². The van der Waals surface area contributed by atoms with E-state index >= 15 is 0 Å². The van der Waals surface area contributed by atoms with Crippen LogP contribution in [0.1, 0.15) is 36.0 Å². The van der Waals surface area contributed by atoms with Gasteiger partial charge in [0, 0.05) is 31.4 Å². The second kappa shape index (κ2) is 9.01. The Kier molecular flexibility index (Phi) is 5.80. The van der Waals surface area contributed by atoms with E-state index in [9.17, 15) is 4.79 Å². The van der Waals surface area contributed by atoms with E-state index in [1.165, 1.54) is 0 Å². The summed E-state index contributed by atoms with van der Waals surface area (Å²) >= 11 is 0. The molecule has 8 heteroatoms. The first-order valence-corrected chi connectivity index (χ1v) is 10.9. The van der Waals surface area contributed by atoms with Gasteiger partial charge in [0.2, 0.25) is 6.79 Å². The van der Waals surface area contributed by atoms with E-state index in [-0.39, 0.29) is 24.8 Å². The highest BCUT2D eigenvalue weighted by Crippen LogP contribution is 2.36. The number of rotatable bonds is 5. The Bertz CT molecular complexity index is 906. The molecule has 1 amide bonds. The molecule has 0 bridgehead atoms. The summed E-state index contributed by atoms with van der Waals surface area (Å²) in [7, 11) is 0. The van der Waals surface area contributed by atoms with Crippen molar-refractivity contribution < 1.29 is 23.7 Å². The van der Waals surface area contributed by atoms with Crippen LogP contribution in [0.15, 0.2) is 36.5 Å². The number of ether oxygens (including phenoxy) is 4. The first-order valence-electron chi connectivity index (χ1n) is 10.9. The molecule has 0 unspecified atom stereocenters. The molecule has 164 valence electrons. The summed E-state index contributed by atoms with van der Waals surface area (Å²) < 4.78 is 22.2. The van der Waals surface area contributed by atoms with Crippen molar-refractivity contribution in [2.75, 3.05) is 38.0 Å². The molecule has 3 aliphatic rings. The first-order chi connectivity index (χ1) is 15.2. The molecule has 0 atom stereocenters. The van der Waals surface area contributed by atoms with Crippen molar-refractivity contribution >= 4 is 11.7 Å². The molecule has 0 radical (unpaired) electrons. The lowest BCUT2D eigenvalue weighted by Crippen LogP contribution is -2.40. The van der Waals surface area contributed by atoms with Gasteiger partial charge in [-0.05, 0) is 49.9 Å². The summed E-state index contributed by atoms with van der Waals surface area (Å²) in [6.45, 7) is 3.34. The van der Waals surface area contributed by atoms with Gasteiger partial charge in [0.15, 0.2) is 11.5 Å². The van der Waals surface area contributed by atoms with E-state index in [0.29, 0.717) is 18.8 Å². The molecular weight excluding hydrogens is 398 g/mol. The van der Waals surface area contributed by atoms with Crippen molar-refractivity contribution in [1.29, 1.82) is 0 Å². The fraction of sp³-hybridized carbons (Fsp3) is 0.478. The van der Waals surface area contributed by atoms with E-state index in [1.807, 2.05) is 30.3 Å². The molecule has 1 saturated carbocycles. The number of pyridine rings is 1. The van der Waals surface area contributed by atoms with Crippen LogP contribution in [-0.4, -0.2) is 56.1 Å². The standard InChI is InChI=1S/C23H27N3O5/c27-23(16-1-8-22(24-14-16)26-9-11-28-12-10-26)25-17-2-4-18(5-3-17)31-19-6-7-20-21(13-19)30-15-29-20/h1,6-8,13-14,17-18H,2-5,9-12,15H2,(H,25,27). The van der Waals surface area contributed by atoms with Gasteiger partial charge in [-0.25, -0.2) is 4.98 Å². The molecule has 2 aromatic rings. The predicted octanol–water partition coefficient (Wildman–Crippen LogP) is 2.77. The van der Waals surface area contributed by atoms with Crippen molar-refractivity contribution in [2.24, 2.45) is 0 Å². The van der Waals surface area contributed by atoms with Crippen LogP contribution < -0.4 is 24.4 Å². The zero-order chi connectivity index (χ0) is 21.0. The smallest absolute Gasteiger partial charge is 0.253 e. The quantitative estimate of drug-likeness (QED) is 0.789. The lowest BCUT2D eigenvalue weighted by Gasteiger charge is -2.29. The first kappa shape index (κ1) is 19.9. The summed E-state index contributed by atoms with van der Waals surface area (Å²) in [5, 5.41) is 3.15. The third-order valence-corrected chi connectivity index (χ3v) is 6.00. The van der Waals surface area contributed by atoms with Crippen LogP contribution in [0.4, 0.5) is 5.82 Å². The molecule has 1 N–H and O–H groups in total. The highest BCUT2D eigenvalue weighted by atomic mass is 16.7. The van der Waals surface area contributed by atoms with Gasteiger partial charge in [-0.3, -0.25) is 4.79 Å². The van der Waals surface area contributed by atoms with Crippen LogP contribution in [0.2, 0.25) is 0 Å². The fourth-order valence-electron chi connectivity index (χ4n) is 4.24. The van der Waals surface area contributed by atoms with Crippen LogP contribution in [0, 0.1) is 0 Å². The highest BCUT2D eigenvalue weighted by Gasteiger charge is 2.25. The van der Waals surface area contributed by atoms with Crippen molar-refractivity contribution in [3.05, 3.63) is 42.1 Å². The van der Waals surface area contributed by atoms with Crippen LogP contribution in [0.5, 0.6) is 17.2 Å². The van der Waals surface area contributed by atoms with E-state index < -0.39 is 0 Å². The average molecular weight is 425 g/mol. The lowest BCUT2D eigenvalue weighted by atomic mass is 9.92. The third-order valence-electron chi connectivity index (χ3n) is 6.00.